The summed E-state index contributed by atoms with van der Waals surface area (Å²) in [5, 5.41) is 6.10. The SMILES string of the molecule is CCOc1ccccc1NC(=O)c1ccnc(Nc2ccccc2OCC)c1. The Balaban J connectivity index is 1.77. The molecule has 0 aliphatic rings. The summed E-state index contributed by atoms with van der Waals surface area (Å²) in [4.78, 5) is 17.0. The molecule has 0 atom stereocenters. The fourth-order valence-corrected chi connectivity index (χ4v) is 2.68. The van der Waals surface area contributed by atoms with Crippen molar-refractivity contribution in [1.82, 2.24) is 4.98 Å². The molecule has 28 heavy (non-hydrogen) atoms. The molecule has 6 heteroatoms. The first-order chi connectivity index (χ1) is 13.7. The van der Waals surface area contributed by atoms with Gasteiger partial charge in [0.05, 0.1) is 24.6 Å². The Kier molecular flexibility index (Phi) is 6.46. The third-order valence-electron chi connectivity index (χ3n) is 3.91. The minimum atomic E-state index is -0.240. The van der Waals surface area contributed by atoms with Gasteiger partial charge in [0.1, 0.15) is 17.3 Å². The van der Waals surface area contributed by atoms with E-state index in [0.29, 0.717) is 36.0 Å². The quantitative estimate of drug-likeness (QED) is 0.586. The summed E-state index contributed by atoms with van der Waals surface area (Å²) >= 11 is 0. The fraction of sp³-hybridized carbons (Fsp3) is 0.182. The molecule has 144 valence electrons. The standard InChI is InChI=1S/C22H23N3O3/c1-3-27-19-11-7-5-9-17(19)24-21-15-16(13-14-23-21)22(26)25-18-10-6-8-12-20(18)28-4-2/h5-15H,3-4H2,1-2H3,(H,23,24)(H,25,26). The number of nitrogens with one attached hydrogen (secondary N) is 2. The monoisotopic (exact) mass is 377 g/mol. The molecule has 0 saturated carbocycles. The van der Waals surface area contributed by atoms with Gasteiger partial charge in [-0.15, -0.1) is 0 Å². The Morgan fingerprint density at radius 3 is 2.18 bits per heavy atom. The summed E-state index contributed by atoms with van der Waals surface area (Å²) in [5.74, 6) is 1.68. The van der Waals surface area contributed by atoms with Crippen molar-refractivity contribution in [1.29, 1.82) is 0 Å². The van der Waals surface area contributed by atoms with Gasteiger partial charge in [0.25, 0.3) is 5.91 Å². The molecule has 2 N–H and O–H groups in total. The zero-order valence-corrected chi connectivity index (χ0v) is 15.9. The van der Waals surface area contributed by atoms with Crippen LogP contribution in [0.1, 0.15) is 24.2 Å². The minimum Gasteiger partial charge on any atom is -0.492 e. The zero-order chi connectivity index (χ0) is 19.8. The highest BCUT2D eigenvalue weighted by Crippen LogP contribution is 2.27. The van der Waals surface area contributed by atoms with Crippen LogP contribution in [0.15, 0.2) is 66.9 Å². The number of rotatable bonds is 8. The highest BCUT2D eigenvalue weighted by atomic mass is 16.5. The summed E-state index contributed by atoms with van der Waals surface area (Å²) in [6.07, 6.45) is 1.59. The van der Waals surface area contributed by atoms with Crippen LogP contribution in [0.2, 0.25) is 0 Å². The lowest BCUT2D eigenvalue weighted by atomic mass is 10.2. The molecule has 0 aliphatic heterocycles. The zero-order valence-electron chi connectivity index (χ0n) is 15.9. The minimum absolute atomic E-state index is 0.240. The van der Waals surface area contributed by atoms with Gasteiger partial charge in [0.15, 0.2) is 0 Å². The van der Waals surface area contributed by atoms with Crippen LogP contribution >= 0.6 is 0 Å². The lowest BCUT2D eigenvalue weighted by molar-refractivity contribution is 0.102. The second kappa shape index (κ2) is 9.41. The van der Waals surface area contributed by atoms with Crippen molar-refractivity contribution in [2.24, 2.45) is 0 Å². The van der Waals surface area contributed by atoms with Crippen molar-refractivity contribution >= 4 is 23.1 Å². The summed E-state index contributed by atoms with van der Waals surface area (Å²) in [6, 6.07) is 18.3. The summed E-state index contributed by atoms with van der Waals surface area (Å²) in [5.41, 5.74) is 1.90. The van der Waals surface area contributed by atoms with Crippen molar-refractivity contribution in [2.75, 3.05) is 23.8 Å². The molecule has 3 aromatic rings. The van der Waals surface area contributed by atoms with Crippen LogP contribution in [0.3, 0.4) is 0 Å². The number of amides is 1. The van der Waals surface area contributed by atoms with Crippen LogP contribution in [0, 0.1) is 0 Å². The van der Waals surface area contributed by atoms with E-state index >= 15 is 0 Å². The molecule has 0 spiro atoms. The van der Waals surface area contributed by atoms with E-state index in [1.807, 2.05) is 62.4 Å². The second-order valence-electron chi connectivity index (χ2n) is 5.87. The molecule has 1 aromatic heterocycles. The number of para-hydroxylation sites is 4. The highest BCUT2D eigenvalue weighted by Gasteiger charge is 2.11. The van der Waals surface area contributed by atoms with Crippen LogP contribution in [0.25, 0.3) is 0 Å². The van der Waals surface area contributed by atoms with Gasteiger partial charge in [0, 0.05) is 11.8 Å². The molecule has 0 bridgehead atoms. The number of carbonyl (C=O) groups is 1. The van der Waals surface area contributed by atoms with Crippen LogP contribution in [-0.4, -0.2) is 24.1 Å². The molecular formula is C22H23N3O3. The van der Waals surface area contributed by atoms with Crippen LogP contribution in [-0.2, 0) is 0 Å². The van der Waals surface area contributed by atoms with Gasteiger partial charge in [-0.25, -0.2) is 4.98 Å². The molecule has 6 nitrogen and oxygen atoms in total. The largest absolute Gasteiger partial charge is 0.492 e. The summed E-state index contributed by atoms with van der Waals surface area (Å²) in [6.45, 7) is 4.92. The third-order valence-corrected chi connectivity index (χ3v) is 3.91. The van der Waals surface area contributed by atoms with Crippen molar-refractivity contribution < 1.29 is 14.3 Å². The first-order valence-corrected chi connectivity index (χ1v) is 9.19. The highest BCUT2D eigenvalue weighted by molar-refractivity contribution is 6.05. The average molecular weight is 377 g/mol. The molecule has 0 fully saturated rings. The Morgan fingerprint density at radius 2 is 1.50 bits per heavy atom. The number of carbonyl (C=O) groups excluding carboxylic acids is 1. The summed E-state index contributed by atoms with van der Waals surface area (Å²) < 4.78 is 11.2. The smallest absolute Gasteiger partial charge is 0.255 e. The van der Waals surface area contributed by atoms with Gasteiger partial charge >= 0.3 is 0 Å². The Hall–Kier alpha value is -3.54. The maximum atomic E-state index is 12.7. The van der Waals surface area contributed by atoms with E-state index in [1.165, 1.54) is 0 Å². The number of ether oxygens (including phenoxy) is 2. The molecule has 1 amide bonds. The fourth-order valence-electron chi connectivity index (χ4n) is 2.68. The van der Waals surface area contributed by atoms with Crippen molar-refractivity contribution in [3.63, 3.8) is 0 Å². The predicted molar refractivity (Wildman–Crippen MR) is 111 cm³/mol. The number of aromatic nitrogens is 1. The Labute approximate surface area is 164 Å². The number of pyridine rings is 1. The number of anilines is 3. The van der Waals surface area contributed by atoms with E-state index in [1.54, 1.807) is 18.3 Å². The van der Waals surface area contributed by atoms with E-state index in [2.05, 4.69) is 15.6 Å². The predicted octanol–water partition coefficient (Wildman–Crippen LogP) is 4.87. The molecule has 2 aromatic carbocycles. The molecule has 0 aliphatic carbocycles. The normalized spacial score (nSPS) is 10.2. The van der Waals surface area contributed by atoms with E-state index in [9.17, 15) is 4.79 Å². The molecule has 0 unspecified atom stereocenters. The van der Waals surface area contributed by atoms with Crippen molar-refractivity contribution in [3.05, 3.63) is 72.4 Å². The van der Waals surface area contributed by atoms with Crippen LogP contribution < -0.4 is 20.1 Å². The van der Waals surface area contributed by atoms with Gasteiger partial charge in [-0.05, 0) is 50.2 Å². The van der Waals surface area contributed by atoms with Gasteiger partial charge in [0.2, 0.25) is 0 Å². The topological polar surface area (TPSA) is 72.5 Å². The lowest BCUT2D eigenvalue weighted by Crippen LogP contribution is -2.13. The van der Waals surface area contributed by atoms with E-state index in [0.717, 1.165) is 11.4 Å². The van der Waals surface area contributed by atoms with Gasteiger partial charge in [-0.2, -0.15) is 0 Å². The van der Waals surface area contributed by atoms with Crippen molar-refractivity contribution in [3.8, 4) is 11.5 Å². The number of hydrogen-bond donors (Lipinski definition) is 2. The van der Waals surface area contributed by atoms with E-state index < -0.39 is 0 Å². The van der Waals surface area contributed by atoms with Gasteiger partial charge in [-0.1, -0.05) is 24.3 Å². The van der Waals surface area contributed by atoms with Crippen molar-refractivity contribution in [2.45, 2.75) is 13.8 Å². The maximum absolute atomic E-state index is 12.7. The number of hydrogen-bond acceptors (Lipinski definition) is 5. The third kappa shape index (κ3) is 4.79. The van der Waals surface area contributed by atoms with Gasteiger partial charge in [-0.3, -0.25) is 4.79 Å². The molecule has 1 heterocycles. The van der Waals surface area contributed by atoms with E-state index in [-0.39, 0.29) is 5.91 Å². The molecule has 3 rings (SSSR count). The van der Waals surface area contributed by atoms with Crippen LogP contribution in [0.4, 0.5) is 17.2 Å². The lowest BCUT2D eigenvalue weighted by Gasteiger charge is -2.13. The average Bonchev–Trinajstić information content (AvgIpc) is 2.71. The van der Waals surface area contributed by atoms with Crippen LogP contribution in [0.5, 0.6) is 11.5 Å². The number of nitrogens with zero attached hydrogens (tertiary/aromatic N) is 1. The molecule has 0 radical (unpaired) electrons. The summed E-state index contributed by atoms with van der Waals surface area (Å²) in [7, 11) is 0. The molecular weight excluding hydrogens is 354 g/mol. The number of benzene rings is 2. The van der Waals surface area contributed by atoms with Gasteiger partial charge < -0.3 is 20.1 Å². The maximum Gasteiger partial charge on any atom is 0.255 e. The second-order valence-corrected chi connectivity index (χ2v) is 5.87. The van der Waals surface area contributed by atoms with E-state index in [4.69, 9.17) is 9.47 Å². The Morgan fingerprint density at radius 1 is 0.893 bits per heavy atom. The first kappa shape index (κ1) is 19.2. The first-order valence-electron chi connectivity index (χ1n) is 9.19. The molecule has 0 saturated heterocycles. The Bertz CT molecular complexity index is 944.